The number of rotatable bonds is 7. The number of hydrogen-bond acceptors (Lipinski definition) is 2. The first-order valence-corrected chi connectivity index (χ1v) is 11.4. The van der Waals surface area contributed by atoms with Gasteiger partial charge in [-0.25, -0.2) is 0 Å². The molecule has 6 heteroatoms. The van der Waals surface area contributed by atoms with Gasteiger partial charge >= 0.3 is 12.1 Å². The molecule has 0 aromatic heterocycles. The Labute approximate surface area is 188 Å². The van der Waals surface area contributed by atoms with Crippen LogP contribution in [0.2, 0.25) is 0 Å². The van der Waals surface area contributed by atoms with Crippen LogP contribution in [0.1, 0.15) is 75.1 Å². The Kier molecular flexibility index (Phi) is 7.52. The first-order valence-electron chi connectivity index (χ1n) is 11.4. The molecule has 2 aromatic carbocycles. The SMILES string of the molecule is CCC[C@@H]1C(CC(=O)O)CCN(c2ccc(C(C)C)cc2)C1c1ccc(C(F)(F)F)cc1. The number of piperidine rings is 1. The van der Waals surface area contributed by atoms with Crippen molar-refractivity contribution in [3.05, 3.63) is 65.2 Å². The van der Waals surface area contributed by atoms with Gasteiger partial charge in [-0.2, -0.15) is 13.2 Å². The van der Waals surface area contributed by atoms with E-state index in [1.807, 2.05) is 0 Å². The average Bonchev–Trinajstić information content (AvgIpc) is 2.74. The Morgan fingerprint density at radius 1 is 1.09 bits per heavy atom. The highest BCUT2D eigenvalue weighted by molar-refractivity contribution is 5.67. The Bertz CT molecular complexity index is 891. The van der Waals surface area contributed by atoms with Crippen LogP contribution in [-0.2, 0) is 11.0 Å². The minimum Gasteiger partial charge on any atom is -0.481 e. The van der Waals surface area contributed by atoms with E-state index in [9.17, 15) is 23.1 Å². The summed E-state index contributed by atoms with van der Waals surface area (Å²) in [6.45, 7) is 7.01. The highest BCUT2D eigenvalue weighted by Gasteiger charge is 2.40. The molecule has 1 N–H and O–H groups in total. The van der Waals surface area contributed by atoms with Crippen molar-refractivity contribution in [2.75, 3.05) is 11.4 Å². The van der Waals surface area contributed by atoms with Gasteiger partial charge in [0, 0.05) is 18.7 Å². The molecule has 1 heterocycles. The van der Waals surface area contributed by atoms with Gasteiger partial charge in [-0.15, -0.1) is 0 Å². The Hall–Kier alpha value is -2.50. The third-order valence-electron chi connectivity index (χ3n) is 6.62. The first kappa shape index (κ1) is 24.1. The van der Waals surface area contributed by atoms with E-state index in [1.165, 1.54) is 5.56 Å². The van der Waals surface area contributed by atoms with Gasteiger partial charge in [0.05, 0.1) is 11.6 Å². The molecule has 1 saturated heterocycles. The van der Waals surface area contributed by atoms with Gasteiger partial charge in [0.25, 0.3) is 0 Å². The zero-order valence-electron chi connectivity index (χ0n) is 18.9. The van der Waals surface area contributed by atoms with Gasteiger partial charge < -0.3 is 10.0 Å². The standard InChI is InChI=1S/C26H32F3NO2/c1-4-5-23-20(16-24(31)32)14-15-30(22-12-8-18(9-13-22)17(2)3)25(23)19-6-10-21(11-7-19)26(27,28)29/h6-13,17,20,23,25H,4-5,14-16H2,1-3H3,(H,31,32)/t20?,23-,25?/m1/s1. The van der Waals surface area contributed by atoms with Crippen LogP contribution in [0.25, 0.3) is 0 Å². The second-order valence-corrected chi connectivity index (χ2v) is 9.10. The molecule has 174 valence electrons. The lowest BCUT2D eigenvalue weighted by Gasteiger charge is -2.47. The molecule has 1 aliphatic rings. The minimum absolute atomic E-state index is 0.00840. The average molecular weight is 448 g/mol. The smallest absolute Gasteiger partial charge is 0.416 e. The van der Waals surface area contributed by atoms with Crippen LogP contribution in [0.4, 0.5) is 18.9 Å². The lowest BCUT2D eigenvalue weighted by molar-refractivity contribution is -0.139. The van der Waals surface area contributed by atoms with Gasteiger partial charge in [-0.3, -0.25) is 4.79 Å². The van der Waals surface area contributed by atoms with Crippen LogP contribution >= 0.6 is 0 Å². The minimum atomic E-state index is -4.38. The molecule has 0 bridgehead atoms. The maximum Gasteiger partial charge on any atom is 0.416 e. The number of carbonyl (C=O) groups is 1. The second kappa shape index (κ2) is 9.97. The molecule has 1 aliphatic heterocycles. The molecule has 0 saturated carbocycles. The molecule has 0 spiro atoms. The molecular formula is C26H32F3NO2. The predicted molar refractivity (Wildman–Crippen MR) is 121 cm³/mol. The van der Waals surface area contributed by atoms with E-state index in [4.69, 9.17) is 0 Å². The van der Waals surface area contributed by atoms with Gasteiger partial charge in [-0.1, -0.05) is 51.5 Å². The Balaban J connectivity index is 2.03. The summed E-state index contributed by atoms with van der Waals surface area (Å²) in [6, 6.07) is 13.6. The molecule has 3 atom stereocenters. The second-order valence-electron chi connectivity index (χ2n) is 9.10. The van der Waals surface area contributed by atoms with E-state index < -0.39 is 17.7 Å². The lowest BCUT2D eigenvalue weighted by atomic mass is 9.73. The third kappa shape index (κ3) is 5.45. The summed E-state index contributed by atoms with van der Waals surface area (Å²) in [5.74, 6) is -0.377. The van der Waals surface area contributed by atoms with Gasteiger partial charge in [-0.05, 0) is 66.0 Å². The van der Waals surface area contributed by atoms with Crippen molar-refractivity contribution in [1.82, 2.24) is 0 Å². The number of anilines is 1. The maximum atomic E-state index is 13.1. The number of carboxylic acid groups (broad SMARTS) is 1. The lowest BCUT2D eigenvalue weighted by Crippen LogP contribution is -2.44. The highest BCUT2D eigenvalue weighted by Crippen LogP contribution is 2.46. The topological polar surface area (TPSA) is 40.5 Å². The van der Waals surface area contributed by atoms with E-state index >= 15 is 0 Å². The Morgan fingerprint density at radius 3 is 2.22 bits per heavy atom. The van der Waals surface area contributed by atoms with Crippen LogP contribution < -0.4 is 4.90 Å². The van der Waals surface area contributed by atoms with E-state index in [0.29, 0.717) is 12.5 Å². The maximum absolute atomic E-state index is 13.1. The fourth-order valence-corrected chi connectivity index (χ4v) is 4.99. The number of hydrogen-bond donors (Lipinski definition) is 1. The highest BCUT2D eigenvalue weighted by atomic mass is 19.4. The first-order chi connectivity index (χ1) is 15.1. The van der Waals surface area contributed by atoms with Gasteiger partial charge in [0.1, 0.15) is 0 Å². The zero-order valence-corrected chi connectivity index (χ0v) is 18.9. The normalized spacial score (nSPS) is 21.7. The van der Waals surface area contributed by atoms with Crippen molar-refractivity contribution >= 4 is 11.7 Å². The van der Waals surface area contributed by atoms with Crippen molar-refractivity contribution in [1.29, 1.82) is 0 Å². The van der Waals surface area contributed by atoms with Crippen LogP contribution in [0.15, 0.2) is 48.5 Å². The van der Waals surface area contributed by atoms with Crippen LogP contribution in [0.5, 0.6) is 0 Å². The number of nitrogens with zero attached hydrogens (tertiary/aromatic N) is 1. The summed E-state index contributed by atoms with van der Waals surface area (Å²) in [7, 11) is 0. The zero-order chi connectivity index (χ0) is 23.5. The van der Waals surface area contributed by atoms with Crippen molar-refractivity contribution < 1.29 is 23.1 Å². The molecule has 32 heavy (non-hydrogen) atoms. The molecule has 2 unspecified atom stereocenters. The summed E-state index contributed by atoms with van der Waals surface area (Å²) in [5.41, 5.74) is 2.39. The summed E-state index contributed by atoms with van der Waals surface area (Å²) in [6.07, 6.45) is -1.84. The summed E-state index contributed by atoms with van der Waals surface area (Å²) in [5, 5.41) is 9.46. The van der Waals surface area contributed by atoms with Crippen molar-refractivity contribution in [2.45, 2.75) is 64.6 Å². The predicted octanol–water partition coefficient (Wildman–Crippen LogP) is 7.29. The van der Waals surface area contributed by atoms with E-state index in [1.54, 1.807) is 12.1 Å². The molecule has 0 aliphatic carbocycles. The molecule has 3 rings (SSSR count). The van der Waals surface area contributed by atoms with Crippen molar-refractivity contribution in [3.8, 4) is 0 Å². The quantitative estimate of drug-likeness (QED) is 0.485. The summed E-state index contributed by atoms with van der Waals surface area (Å²) in [4.78, 5) is 13.8. The molecule has 0 radical (unpaired) electrons. The van der Waals surface area contributed by atoms with Crippen molar-refractivity contribution in [2.24, 2.45) is 11.8 Å². The van der Waals surface area contributed by atoms with E-state index in [-0.39, 0.29) is 24.3 Å². The molecule has 1 fully saturated rings. The largest absolute Gasteiger partial charge is 0.481 e. The number of benzene rings is 2. The summed E-state index contributed by atoms with van der Waals surface area (Å²) >= 11 is 0. The summed E-state index contributed by atoms with van der Waals surface area (Å²) < 4.78 is 39.4. The number of halogens is 3. The van der Waals surface area contributed by atoms with Crippen LogP contribution in [0.3, 0.4) is 0 Å². The molecule has 3 nitrogen and oxygen atoms in total. The monoisotopic (exact) mass is 447 g/mol. The van der Waals surface area contributed by atoms with E-state index in [2.05, 4.69) is 49.9 Å². The molecular weight excluding hydrogens is 415 g/mol. The number of aliphatic carboxylic acids is 1. The molecule has 0 amide bonds. The fraction of sp³-hybridized carbons (Fsp3) is 0.500. The number of alkyl halides is 3. The van der Waals surface area contributed by atoms with Crippen molar-refractivity contribution in [3.63, 3.8) is 0 Å². The van der Waals surface area contributed by atoms with Crippen LogP contribution in [0, 0.1) is 11.8 Å². The fourth-order valence-electron chi connectivity index (χ4n) is 4.99. The van der Waals surface area contributed by atoms with Gasteiger partial charge in [0.15, 0.2) is 0 Å². The third-order valence-corrected chi connectivity index (χ3v) is 6.62. The molecule has 2 aromatic rings. The number of carboxylic acids is 1. The van der Waals surface area contributed by atoms with Gasteiger partial charge in [0.2, 0.25) is 0 Å². The Morgan fingerprint density at radius 2 is 1.72 bits per heavy atom. The van der Waals surface area contributed by atoms with Crippen LogP contribution in [-0.4, -0.2) is 17.6 Å². The van der Waals surface area contributed by atoms with E-state index in [0.717, 1.165) is 42.6 Å².